The average Bonchev–Trinajstić information content (AvgIpc) is 2.87. The molecule has 0 spiro atoms. The largest absolute Gasteiger partial charge is 0.416 e. The van der Waals surface area contributed by atoms with E-state index in [0.717, 1.165) is 23.2 Å². The van der Waals surface area contributed by atoms with Gasteiger partial charge in [0.05, 0.1) is 16.6 Å². The Labute approximate surface area is 118 Å². The van der Waals surface area contributed by atoms with E-state index in [9.17, 15) is 13.2 Å². The van der Waals surface area contributed by atoms with Crippen LogP contribution >= 0.6 is 0 Å². The lowest BCUT2D eigenvalue weighted by atomic mass is 10.1. The third-order valence-corrected chi connectivity index (χ3v) is 2.95. The highest BCUT2D eigenvalue weighted by Gasteiger charge is 2.29. The number of H-pyrrole nitrogens is 1. The summed E-state index contributed by atoms with van der Waals surface area (Å²) in [6.45, 7) is 0. The summed E-state index contributed by atoms with van der Waals surface area (Å²) in [5.74, 6) is 0.413. The zero-order chi connectivity index (χ0) is 14.9. The molecule has 1 N–H and O–H groups in total. The van der Waals surface area contributed by atoms with Crippen LogP contribution < -0.4 is 0 Å². The van der Waals surface area contributed by atoms with E-state index in [2.05, 4.69) is 15.0 Å². The summed E-state index contributed by atoms with van der Waals surface area (Å²) in [6.07, 6.45) is -2.85. The van der Waals surface area contributed by atoms with Gasteiger partial charge in [-0.1, -0.05) is 24.3 Å². The van der Waals surface area contributed by atoms with Crippen molar-refractivity contribution >= 4 is 23.2 Å². The molecule has 0 saturated carbocycles. The van der Waals surface area contributed by atoms with Gasteiger partial charge in [0.1, 0.15) is 0 Å². The monoisotopic (exact) mass is 289 g/mol. The minimum absolute atomic E-state index is 0.413. The first-order valence-corrected chi connectivity index (χ1v) is 6.18. The van der Waals surface area contributed by atoms with Crippen LogP contribution in [-0.4, -0.2) is 16.2 Å². The highest BCUT2D eigenvalue weighted by Crippen LogP contribution is 2.28. The minimum atomic E-state index is -4.32. The molecule has 0 saturated heterocycles. The van der Waals surface area contributed by atoms with Crippen LogP contribution in [0.1, 0.15) is 11.1 Å². The molecule has 21 heavy (non-hydrogen) atoms. The molecule has 6 heteroatoms. The predicted molar refractivity (Wildman–Crippen MR) is 74.8 cm³/mol. The van der Waals surface area contributed by atoms with Gasteiger partial charge < -0.3 is 4.98 Å². The zero-order valence-electron chi connectivity index (χ0n) is 10.7. The van der Waals surface area contributed by atoms with Crippen LogP contribution in [0, 0.1) is 0 Å². The molecular weight excluding hydrogens is 279 g/mol. The van der Waals surface area contributed by atoms with Gasteiger partial charge >= 0.3 is 6.18 Å². The first kappa shape index (κ1) is 13.4. The third kappa shape index (κ3) is 2.94. The van der Waals surface area contributed by atoms with Crippen LogP contribution in [-0.2, 0) is 6.18 Å². The first-order valence-electron chi connectivity index (χ1n) is 6.18. The van der Waals surface area contributed by atoms with Crippen LogP contribution in [0.2, 0.25) is 0 Å². The summed E-state index contributed by atoms with van der Waals surface area (Å²) in [7, 11) is 0. The molecule has 0 atom stereocenters. The molecule has 1 heterocycles. The van der Waals surface area contributed by atoms with E-state index in [4.69, 9.17) is 0 Å². The van der Waals surface area contributed by atoms with Gasteiger partial charge in [-0.25, -0.2) is 9.98 Å². The Morgan fingerprint density at radius 2 is 1.71 bits per heavy atom. The van der Waals surface area contributed by atoms with Crippen LogP contribution in [0.25, 0.3) is 11.0 Å². The molecule has 3 rings (SSSR count). The lowest BCUT2D eigenvalue weighted by molar-refractivity contribution is -0.137. The number of hydrogen-bond donors (Lipinski definition) is 1. The molecule has 1 aromatic heterocycles. The van der Waals surface area contributed by atoms with Gasteiger partial charge in [-0.2, -0.15) is 13.2 Å². The number of nitrogens with one attached hydrogen (secondary N) is 1. The number of halogens is 3. The number of hydrogen-bond acceptors (Lipinski definition) is 2. The number of imidazole rings is 1. The normalized spacial score (nSPS) is 12.3. The maximum absolute atomic E-state index is 12.4. The van der Waals surface area contributed by atoms with Gasteiger partial charge in [-0.15, -0.1) is 0 Å². The van der Waals surface area contributed by atoms with E-state index in [1.807, 2.05) is 24.3 Å². The molecule has 3 nitrogen and oxygen atoms in total. The van der Waals surface area contributed by atoms with Crippen molar-refractivity contribution in [2.75, 3.05) is 0 Å². The fourth-order valence-corrected chi connectivity index (χ4v) is 1.89. The predicted octanol–water partition coefficient (Wildman–Crippen LogP) is 4.33. The Bertz CT molecular complexity index is 753. The van der Waals surface area contributed by atoms with E-state index in [-0.39, 0.29) is 0 Å². The molecule has 0 bridgehead atoms. The van der Waals surface area contributed by atoms with E-state index in [1.54, 1.807) is 0 Å². The number of aliphatic imine (C=N–C) groups is 1. The van der Waals surface area contributed by atoms with Crippen molar-refractivity contribution in [3.8, 4) is 0 Å². The average molecular weight is 289 g/mol. The second-order valence-electron chi connectivity index (χ2n) is 4.46. The second kappa shape index (κ2) is 5.05. The third-order valence-electron chi connectivity index (χ3n) is 2.95. The lowest BCUT2D eigenvalue weighted by Crippen LogP contribution is -2.04. The van der Waals surface area contributed by atoms with Crippen LogP contribution in [0.4, 0.5) is 19.1 Å². The molecule has 0 aliphatic heterocycles. The molecule has 0 aliphatic carbocycles. The standard InChI is InChI=1S/C15H10F3N3/c16-15(17,18)11-7-5-10(6-8-11)9-19-14-20-12-3-1-2-4-13(12)21-14/h1-9H,(H,20,21). The molecule has 0 amide bonds. The van der Waals surface area contributed by atoms with E-state index < -0.39 is 11.7 Å². The number of aromatic amines is 1. The number of para-hydroxylation sites is 2. The SMILES string of the molecule is FC(F)(F)c1ccc(C=Nc2nc3ccccc3[nH]2)cc1. The van der Waals surface area contributed by atoms with Crippen molar-refractivity contribution in [3.05, 3.63) is 59.7 Å². The number of alkyl halides is 3. The minimum Gasteiger partial charge on any atom is -0.322 e. The van der Waals surface area contributed by atoms with E-state index in [0.29, 0.717) is 11.5 Å². The lowest BCUT2D eigenvalue weighted by Gasteiger charge is -2.05. The second-order valence-corrected chi connectivity index (χ2v) is 4.46. The fourth-order valence-electron chi connectivity index (χ4n) is 1.89. The van der Waals surface area contributed by atoms with Gasteiger partial charge in [0.2, 0.25) is 5.95 Å². The summed E-state index contributed by atoms with van der Waals surface area (Å²) in [5.41, 5.74) is 1.54. The van der Waals surface area contributed by atoms with Gasteiger partial charge in [0.25, 0.3) is 0 Å². The number of rotatable bonds is 2. The molecule has 3 aromatic rings. The molecule has 0 fully saturated rings. The Morgan fingerprint density at radius 1 is 1.00 bits per heavy atom. The number of benzene rings is 2. The van der Waals surface area contributed by atoms with Crippen LogP contribution in [0.15, 0.2) is 53.5 Å². The number of nitrogens with zero attached hydrogens (tertiary/aromatic N) is 2. The van der Waals surface area contributed by atoms with E-state index >= 15 is 0 Å². The summed E-state index contributed by atoms with van der Waals surface area (Å²) in [4.78, 5) is 11.4. The summed E-state index contributed by atoms with van der Waals surface area (Å²) >= 11 is 0. The molecule has 0 aliphatic rings. The Morgan fingerprint density at radius 3 is 2.38 bits per heavy atom. The maximum atomic E-state index is 12.4. The van der Waals surface area contributed by atoms with Gasteiger partial charge in [-0.3, -0.25) is 0 Å². The van der Waals surface area contributed by atoms with Crippen molar-refractivity contribution in [1.82, 2.24) is 9.97 Å². The number of aromatic nitrogens is 2. The molecule has 106 valence electrons. The van der Waals surface area contributed by atoms with E-state index in [1.165, 1.54) is 18.3 Å². The Balaban J connectivity index is 1.82. The fraction of sp³-hybridized carbons (Fsp3) is 0.0667. The van der Waals surface area contributed by atoms with Crippen molar-refractivity contribution in [2.45, 2.75) is 6.18 Å². The van der Waals surface area contributed by atoms with Crippen molar-refractivity contribution in [2.24, 2.45) is 4.99 Å². The van der Waals surface area contributed by atoms with Gasteiger partial charge in [0.15, 0.2) is 0 Å². The van der Waals surface area contributed by atoms with Crippen LogP contribution in [0.5, 0.6) is 0 Å². The van der Waals surface area contributed by atoms with Crippen molar-refractivity contribution in [1.29, 1.82) is 0 Å². The van der Waals surface area contributed by atoms with Crippen LogP contribution in [0.3, 0.4) is 0 Å². The van der Waals surface area contributed by atoms with Gasteiger partial charge in [-0.05, 0) is 29.8 Å². The van der Waals surface area contributed by atoms with Gasteiger partial charge in [0, 0.05) is 6.21 Å². The number of fused-ring (bicyclic) bond motifs is 1. The Kier molecular flexibility index (Phi) is 3.21. The Hall–Kier alpha value is -2.63. The summed E-state index contributed by atoms with van der Waals surface area (Å²) in [5, 5.41) is 0. The molecule has 0 radical (unpaired) electrons. The smallest absolute Gasteiger partial charge is 0.322 e. The van der Waals surface area contributed by atoms with Crippen molar-refractivity contribution < 1.29 is 13.2 Å². The highest BCUT2D eigenvalue weighted by atomic mass is 19.4. The summed E-state index contributed by atoms with van der Waals surface area (Å²) < 4.78 is 37.3. The quantitative estimate of drug-likeness (QED) is 0.701. The molecular formula is C15H10F3N3. The van der Waals surface area contributed by atoms with Crippen molar-refractivity contribution in [3.63, 3.8) is 0 Å². The molecule has 0 unspecified atom stereocenters. The zero-order valence-corrected chi connectivity index (χ0v) is 10.7. The molecule has 2 aromatic carbocycles. The first-order chi connectivity index (χ1) is 10.0. The topological polar surface area (TPSA) is 41.0 Å². The highest BCUT2D eigenvalue weighted by molar-refractivity contribution is 5.83. The maximum Gasteiger partial charge on any atom is 0.416 e. The summed E-state index contributed by atoms with van der Waals surface area (Å²) in [6, 6.07) is 12.3.